The van der Waals surface area contributed by atoms with Crippen LogP contribution in [0, 0.1) is 5.41 Å². The fourth-order valence-electron chi connectivity index (χ4n) is 2.15. The molecule has 0 spiro atoms. The Kier molecular flexibility index (Phi) is 3.03. The van der Waals surface area contributed by atoms with Crippen molar-refractivity contribution >= 4 is 5.84 Å². The van der Waals surface area contributed by atoms with E-state index in [2.05, 4.69) is 16.8 Å². The predicted molar refractivity (Wildman–Crippen MR) is 55.8 cm³/mol. The zero-order chi connectivity index (χ0) is 9.97. The van der Waals surface area contributed by atoms with E-state index in [1.807, 2.05) is 0 Å². The SMILES string of the molecule is CN1CCOC(CN2CCCC2=N)C1. The minimum absolute atomic E-state index is 0.298. The molecule has 0 aromatic carbocycles. The zero-order valence-corrected chi connectivity index (χ0v) is 8.83. The maximum atomic E-state index is 7.73. The van der Waals surface area contributed by atoms with Gasteiger partial charge in [-0.05, 0) is 13.5 Å². The summed E-state index contributed by atoms with van der Waals surface area (Å²) in [6.07, 6.45) is 2.39. The summed E-state index contributed by atoms with van der Waals surface area (Å²) in [6.45, 7) is 4.83. The number of nitrogens with zero attached hydrogens (tertiary/aromatic N) is 2. The number of hydrogen-bond donors (Lipinski definition) is 1. The minimum atomic E-state index is 0.298. The van der Waals surface area contributed by atoms with Crippen molar-refractivity contribution in [3.05, 3.63) is 0 Å². The molecule has 2 rings (SSSR count). The van der Waals surface area contributed by atoms with E-state index in [0.717, 1.165) is 51.5 Å². The molecule has 14 heavy (non-hydrogen) atoms. The Morgan fingerprint density at radius 2 is 2.36 bits per heavy atom. The van der Waals surface area contributed by atoms with Gasteiger partial charge in [0.2, 0.25) is 0 Å². The summed E-state index contributed by atoms with van der Waals surface area (Å²) in [7, 11) is 2.13. The number of hydrogen-bond acceptors (Lipinski definition) is 3. The lowest BCUT2D eigenvalue weighted by Crippen LogP contribution is -2.46. The number of likely N-dealkylation sites (N-methyl/N-ethyl adjacent to an activating group) is 1. The summed E-state index contributed by atoms with van der Waals surface area (Å²) >= 11 is 0. The Morgan fingerprint density at radius 1 is 1.50 bits per heavy atom. The quantitative estimate of drug-likeness (QED) is 0.696. The molecule has 1 atom stereocenters. The van der Waals surface area contributed by atoms with E-state index in [1.54, 1.807) is 0 Å². The fraction of sp³-hybridized carbons (Fsp3) is 0.900. The van der Waals surface area contributed by atoms with Gasteiger partial charge in [-0.15, -0.1) is 0 Å². The van der Waals surface area contributed by atoms with Crippen molar-refractivity contribution in [3.8, 4) is 0 Å². The molecule has 2 aliphatic heterocycles. The normalized spacial score (nSPS) is 29.9. The van der Waals surface area contributed by atoms with Gasteiger partial charge in [-0.3, -0.25) is 5.41 Å². The first kappa shape index (κ1) is 9.93. The van der Waals surface area contributed by atoms with Crippen molar-refractivity contribution < 1.29 is 4.74 Å². The summed E-state index contributed by atoms with van der Waals surface area (Å²) in [4.78, 5) is 4.46. The van der Waals surface area contributed by atoms with E-state index in [4.69, 9.17) is 10.1 Å². The van der Waals surface area contributed by atoms with Gasteiger partial charge in [0.05, 0.1) is 18.5 Å². The molecular weight excluding hydrogens is 178 g/mol. The van der Waals surface area contributed by atoms with Gasteiger partial charge >= 0.3 is 0 Å². The van der Waals surface area contributed by atoms with Crippen LogP contribution in [-0.2, 0) is 4.74 Å². The third-order valence-electron chi connectivity index (χ3n) is 2.99. The van der Waals surface area contributed by atoms with Gasteiger partial charge in [-0.2, -0.15) is 0 Å². The highest BCUT2D eigenvalue weighted by Gasteiger charge is 2.24. The van der Waals surface area contributed by atoms with Crippen molar-refractivity contribution in [2.75, 3.05) is 39.8 Å². The van der Waals surface area contributed by atoms with Crippen LogP contribution in [-0.4, -0.2) is 61.6 Å². The molecular formula is C10H19N3O. The van der Waals surface area contributed by atoms with Gasteiger partial charge in [-0.25, -0.2) is 0 Å². The van der Waals surface area contributed by atoms with E-state index < -0.39 is 0 Å². The average Bonchev–Trinajstić information content (AvgIpc) is 2.52. The largest absolute Gasteiger partial charge is 0.374 e. The number of ether oxygens (including phenoxy) is 1. The summed E-state index contributed by atoms with van der Waals surface area (Å²) < 4.78 is 5.68. The van der Waals surface area contributed by atoms with Crippen molar-refractivity contribution in [1.82, 2.24) is 9.80 Å². The molecule has 2 fully saturated rings. The molecule has 0 saturated carbocycles. The van der Waals surface area contributed by atoms with Crippen LogP contribution in [0.15, 0.2) is 0 Å². The number of likely N-dealkylation sites (tertiary alicyclic amines) is 1. The highest BCUT2D eigenvalue weighted by Crippen LogP contribution is 2.13. The monoisotopic (exact) mass is 197 g/mol. The van der Waals surface area contributed by atoms with Crippen LogP contribution in [0.3, 0.4) is 0 Å². The van der Waals surface area contributed by atoms with Crippen molar-refractivity contribution in [2.24, 2.45) is 0 Å². The molecule has 0 amide bonds. The first-order valence-corrected chi connectivity index (χ1v) is 5.38. The van der Waals surface area contributed by atoms with Gasteiger partial charge in [0, 0.05) is 32.6 Å². The average molecular weight is 197 g/mol. The highest BCUT2D eigenvalue weighted by atomic mass is 16.5. The highest BCUT2D eigenvalue weighted by molar-refractivity contribution is 5.80. The molecule has 1 unspecified atom stereocenters. The third kappa shape index (κ3) is 2.25. The Balaban J connectivity index is 1.81. The van der Waals surface area contributed by atoms with Crippen molar-refractivity contribution in [1.29, 1.82) is 5.41 Å². The Bertz CT molecular complexity index is 219. The van der Waals surface area contributed by atoms with Gasteiger partial charge in [0.25, 0.3) is 0 Å². The van der Waals surface area contributed by atoms with E-state index in [-0.39, 0.29) is 0 Å². The van der Waals surface area contributed by atoms with Crippen molar-refractivity contribution in [3.63, 3.8) is 0 Å². The molecule has 1 N–H and O–H groups in total. The van der Waals surface area contributed by atoms with Crippen LogP contribution in [0.1, 0.15) is 12.8 Å². The maximum absolute atomic E-state index is 7.73. The lowest BCUT2D eigenvalue weighted by molar-refractivity contribution is -0.0271. The smallest absolute Gasteiger partial charge is 0.0959 e. The molecule has 0 aromatic heterocycles. The predicted octanol–water partition coefficient (Wildman–Crippen LogP) is 0.390. The van der Waals surface area contributed by atoms with Crippen LogP contribution < -0.4 is 0 Å². The van der Waals surface area contributed by atoms with E-state index in [0.29, 0.717) is 6.10 Å². The lowest BCUT2D eigenvalue weighted by atomic mass is 10.2. The van der Waals surface area contributed by atoms with Crippen LogP contribution in [0.4, 0.5) is 0 Å². The van der Waals surface area contributed by atoms with Gasteiger partial charge in [0.1, 0.15) is 0 Å². The number of nitrogens with one attached hydrogen (secondary N) is 1. The maximum Gasteiger partial charge on any atom is 0.0959 e. The zero-order valence-electron chi connectivity index (χ0n) is 8.83. The Labute approximate surface area is 85.3 Å². The molecule has 0 bridgehead atoms. The summed E-state index contributed by atoms with van der Waals surface area (Å²) in [5, 5.41) is 7.73. The van der Waals surface area contributed by atoms with Crippen LogP contribution in [0.25, 0.3) is 0 Å². The van der Waals surface area contributed by atoms with E-state index >= 15 is 0 Å². The second kappa shape index (κ2) is 4.28. The molecule has 2 heterocycles. The molecule has 2 aliphatic rings. The molecule has 2 saturated heterocycles. The molecule has 0 aliphatic carbocycles. The van der Waals surface area contributed by atoms with Crippen LogP contribution >= 0.6 is 0 Å². The number of amidine groups is 1. The second-order valence-electron chi connectivity index (χ2n) is 4.25. The molecule has 0 aromatic rings. The Hall–Kier alpha value is -0.610. The fourth-order valence-corrected chi connectivity index (χ4v) is 2.15. The first-order chi connectivity index (χ1) is 6.75. The second-order valence-corrected chi connectivity index (χ2v) is 4.25. The lowest BCUT2D eigenvalue weighted by Gasteiger charge is -2.33. The number of rotatable bonds is 2. The van der Waals surface area contributed by atoms with Gasteiger partial charge in [0.15, 0.2) is 0 Å². The standard InChI is InChI=1S/C10H19N3O/c1-12-5-6-14-9(7-12)8-13-4-2-3-10(13)11/h9,11H,2-8H2,1H3. The van der Waals surface area contributed by atoms with Crippen LogP contribution in [0.5, 0.6) is 0 Å². The molecule has 4 heteroatoms. The van der Waals surface area contributed by atoms with E-state index in [1.165, 1.54) is 0 Å². The van der Waals surface area contributed by atoms with E-state index in [9.17, 15) is 0 Å². The molecule has 0 radical (unpaired) electrons. The molecule has 4 nitrogen and oxygen atoms in total. The topological polar surface area (TPSA) is 39.6 Å². The summed E-state index contributed by atoms with van der Waals surface area (Å²) in [6, 6.07) is 0. The van der Waals surface area contributed by atoms with Gasteiger partial charge in [-0.1, -0.05) is 0 Å². The van der Waals surface area contributed by atoms with Gasteiger partial charge < -0.3 is 14.5 Å². The number of morpholine rings is 1. The Morgan fingerprint density at radius 3 is 3.00 bits per heavy atom. The third-order valence-corrected chi connectivity index (χ3v) is 2.99. The first-order valence-electron chi connectivity index (χ1n) is 5.38. The summed E-state index contributed by atoms with van der Waals surface area (Å²) in [5.74, 6) is 0.793. The van der Waals surface area contributed by atoms with Crippen molar-refractivity contribution in [2.45, 2.75) is 18.9 Å². The summed E-state index contributed by atoms with van der Waals surface area (Å²) in [5.41, 5.74) is 0. The molecule has 80 valence electrons. The van der Waals surface area contributed by atoms with Crippen LogP contribution in [0.2, 0.25) is 0 Å². The minimum Gasteiger partial charge on any atom is -0.374 e.